The van der Waals surface area contributed by atoms with Crippen molar-refractivity contribution in [2.75, 3.05) is 14.2 Å². The first-order valence-corrected chi connectivity index (χ1v) is 7.62. The second kappa shape index (κ2) is 6.62. The molecule has 0 bridgehead atoms. The molecule has 11 heteroatoms. The minimum atomic E-state index is -4.94. The van der Waals surface area contributed by atoms with E-state index in [1.807, 2.05) is 0 Å². The molecule has 3 aromatic rings. The Morgan fingerprint density at radius 1 is 1.19 bits per heavy atom. The van der Waals surface area contributed by atoms with Crippen LogP contribution in [0.2, 0.25) is 5.02 Å². The number of aromatic nitrogens is 2. The fraction of sp³-hybridized carbons (Fsp3) is 0.188. The van der Waals surface area contributed by atoms with Gasteiger partial charge in [0.15, 0.2) is 5.69 Å². The lowest BCUT2D eigenvalue weighted by atomic mass is 10.1. The van der Waals surface area contributed by atoms with Gasteiger partial charge in [-0.15, -0.1) is 0 Å². The third-order valence-electron chi connectivity index (χ3n) is 3.60. The van der Waals surface area contributed by atoms with Gasteiger partial charge in [-0.3, -0.25) is 0 Å². The van der Waals surface area contributed by atoms with Gasteiger partial charge in [0.1, 0.15) is 5.56 Å². The molecule has 0 aliphatic rings. The summed E-state index contributed by atoms with van der Waals surface area (Å²) in [7, 11) is 1.95. The zero-order valence-corrected chi connectivity index (χ0v) is 14.5. The molecule has 0 fully saturated rings. The lowest BCUT2D eigenvalue weighted by molar-refractivity contribution is -0.140. The molecule has 0 unspecified atom stereocenters. The van der Waals surface area contributed by atoms with Gasteiger partial charge in [-0.25, -0.2) is 9.59 Å². The lowest BCUT2D eigenvalue weighted by Crippen LogP contribution is -2.13. The predicted molar refractivity (Wildman–Crippen MR) is 86.0 cm³/mol. The van der Waals surface area contributed by atoms with E-state index in [4.69, 9.17) is 16.0 Å². The topological polar surface area (TPSA) is 83.6 Å². The number of alkyl halides is 3. The van der Waals surface area contributed by atoms with E-state index in [-0.39, 0.29) is 10.7 Å². The van der Waals surface area contributed by atoms with Crippen LogP contribution in [0.4, 0.5) is 13.2 Å². The molecule has 0 radical (unpaired) electrons. The van der Waals surface area contributed by atoms with Gasteiger partial charge in [0, 0.05) is 5.02 Å². The molecule has 142 valence electrons. The second-order valence-corrected chi connectivity index (χ2v) is 5.64. The number of rotatable bonds is 3. The van der Waals surface area contributed by atoms with Crippen molar-refractivity contribution in [2.45, 2.75) is 6.18 Å². The third kappa shape index (κ3) is 3.12. The number of nitrogens with zero attached hydrogens (tertiary/aromatic N) is 2. The fourth-order valence-electron chi connectivity index (χ4n) is 2.50. The van der Waals surface area contributed by atoms with E-state index >= 15 is 0 Å². The van der Waals surface area contributed by atoms with Gasteiger partial charge in [-0.1, -0.05) is 17.7 Å². The van der Waals surface area contributed by atoms with Crippen molar-refractivity contribution in [1.82, 2.24) is 9.78 Å². The Morgan fingerprint density at radius 3 is 2.41 bits per heavy atom. The highest BCUT2D eigenvalue weighted by atomic mass is 35.5. The van der Waals surface area contributed by atoms with E-state index in [1.54, 1.807) is 0 Å². The van der Waals surface area contributed by atoms with Crippen molar-refractivity contribution in [3.05, 3.63) is 46.3 Å². The second-order valence-electron chi connectivity index (χ2n) is 5.21. The Hall–Kier alpha value is -3.01. The number of hydrogen-bond donors (Lipinski definition) is 0. The molecule has 0 saturated carbocycles. The summed E-state index contributed by atoms with van der Waals surface area (Å²) >= 11 is 5.88. The minimum Gasteiger partial charge on any atom is -0.465 e. The minimum absolute atomic E-state index is 0.129. The number of esters is 2. The van der Waals surface area contributed by atoms with E-state index in [0.29, 0.717) is 0 Å². The smallest absolute Gasteiger partial charge is 0.435 e. The highest BCUT2D eigenvalue weighted by Gasteiger charge is 2.43. The Morgan fingerprint density at radius 2 is 1.85 bits per heavy atom. The summed E-state index contributed by atoms with van der Waals surface area (Å²) in [6, 6.07) is 5.77. The van der Waals surface area contributed by atoms with Crippen LogP contribution in [0.3, 0.4) is 0 Å². The molecule has 0 atom stereocenters. The van der Waals surface area contributed by atoms with Crippen molar-refractivity contribution < 1.29 is 36.7 Å². The molecule has 2 aromatic heterocycles. The van der Waals surface area contributed by atoms with Crippen LogP contribution < -0.4 is 0 Å². The molecule has 0 aliphatic heterocycles. The van der Waals surface area contributed by atoms with Crippen LogP contribution in [0.5, 0.6) is 0 Å². The van der Waals surface area contributed by atoms with Crippen molar-refractivity contribution in [3.63, 3.8) is 0 Å². The van der Waals surface area contributed by atoms with Crippen LogP contribution in [0.15, 0.2) is 28.7 Å². The van der Waals surface area contributed by atoms with Crippen LogP contribution in [0, 0.1) is 0 Å². The average Bonchev–Trinajstić information content (AvgIpc) is 3.17. The van der Waals surface area contributed by atoms with E-state index in [2.05, 4.69) is 14.6 Å². The monoisotopic (exact) mass is 402 g/mol. The van der Waals surface area contributed by atoms with E-state index in [1.165, 1.54) is 24.3 Å². The van der Waals surface area contributed by atoms with E-state index < -0.39 is 46.2 Å². The Labute approximate surface area is 154 Å². The largest absolute Gasteiger partial charge is 0.465 e. The Bertz CT molecular complexity index is 1050. The molecule has 0 amide bonds. The first-order chi connectivity index (χ1) is 12.7. The number of furan rings is 1. The Balaban J connectivity index is 2.45. The average molecular weight is 403 g/mol. The van der Waals surface area contributed by atoms with Crippen LogP contribution in [0.1, 0.15) is 26.6 Å². The number of carbonyl (C=O) groups excluding carboxylic acids is 2. The maximum Gasteiger partial charge on any atom is 0.435 e. The molecule has 2 heterocycles. The lowest BCUT2D eigenvalue weighted by Gasteiger charge is -2.05. The zero-order valence-electron chi connectivity index (χ0n) is 13.8. The van der Waals surface area contributed by atoms with Crippen LogP contribution in [-0.4, -0.2) is 35.9 Å². The van der Waals surface area contributed by atoms with Crippen LogP contribution in [-0.2, 0) is 15.7 Å². The highest BCUT2D eigenvalue weighted by molar-refractivity contribution is 6.30. The van der Waals surface area contributed by atoms with E-state index in [9.17, 15) is 22.8 Å². The standard InChI is InChI=1S/C16H10ClF3N2O5/c1-25-14(23)9-10-12(16(18,19)20)21-22(8-5-3-4-7(17)6-8)13(10)27-11(9)15(24)26-2/h3-6H,1-2H3. The normalized spacial score (nSPS) is 11.6. The van der Waals surface area contributed by atoms with Gasteiger partial charge in [-0.05, 0) is 18.2 Å². The first-order valence-electron chi connectivity index (χ1n) is 7.24. The van der Waals surface area contributed by atoms with Gasteiger partial charge in [0.05, 0.1) is 25.3 Å². The fourth-order valence-corrected chi connectivity index (χ4v) is 2.68. The molecular weight excluding hydrogens is 393 g/mol. The summed E-state index contributed by atoms with van der Waals surface area (Å²) < 4.78 is 55.7. The zero-order chi connectivity index (χ0) is 19.9. The van der Waals surface area contributed by atoms with Crippen molar-refractivity contribution in [3.8, 4) is 5.69 Å². The maximum atomic E-state index is 13.6. The summed E-state index contributed by atoms with van der Waals surface area (Å²) in [5, 5.41) is 3.04. The van der Waals surface area contributed by atoms with Gasteiger partial charge in [0.25, 0.3) is 0 Å². The van der Waals surface area contributed by atoms with Crippen molar-refractivity contribution in [2.24, 2.45) is 0 Å². The molecule has 0 N–H and O–H groups in total. The molecule has 27 heavy (non-hydrogen) atoms. The number of ether oxygens (including phenoxy) is 2. The molecule has 0 saturated heterocycles. The summed E-state index contributed by atoms with van der Waals surface area (Å²) in [4.78, 5) is 24.0. The number of hydrogen-bond acceptors (Lipinski definition) is 6. The van der Waals surface area contributed by atoms with Crippen LogP contribution >= 0.6 is 11.6 Å². The third-order valence-corrected chi connectivity index (χ3v) is 3.84. The number of methoxy groups -OCH3 is 2. The van der Waals surface area contributed by atoms with Gasteiger partial charge in [-0.2, -0.15) is 23.0 Å². The van der Waals surface area contributed by atoms with Crippen LogP contribution in [0.25, 0.3) is 16.8 Å². The molecule has 0 aliphatic carbocycles. The summed E-state index contributed by atoms with van der Waals surface area (Å²) in [5.41, 5.74) is -2.49. The van der Waals surface area contributed by atoms with Gasteiger partial charge >= 0.3 is 18.1 Å². The number of benzene rings is 1. The Kier molecular flexibility index (Phi) is 4.60. The molecule has 0 spiro atoms. The SMILES string of the molecule is COC(=O)c1oc2c(c(C(F)(F)F)nn2-c2cccc(Cl)c2)c1C(=O)OC. The first kappa shape index (κ1) is 18.8. The molecule has 1 aromatic carbocycles. The van der Waals surface area contributed by atoms with E-state index in [0.717, 1.165) is 18.9 Å². The summed E-state index contributed by atoms with van der Waals surface area (Å²) in [6.07, 6.45) is -4.94. The number of fused-ring (bicyclic) bond motifs is 1. The van der Waals surface area contributed by atoms with Crippen molar-refractivity contribution in [1.29, 1.82) is 0 Å². The quantitative estimate of drug-likeness (QED) is 0.618. The summed E-state index contributed by atoms with van der Waals surface area (Å²) in [5.74, 6) is -3.07. The van der Waals surface area contributed by atoms with Gasteiger partial charge in [0.2, 0.25) is 11.5 Å². The molecule has 7 nitrogen and oxygen atoms in total. The summed E-state index contributed by atoms with van der Waals surface area (Å²) in [6.45, 7) is 0. The molecule has 3 rings (SSSR count). The number of carbonyl (C=O) groups is 2. The number of halogens is 4. The van der Waals surface area contributed by atoms with Gasteiger partial charge < -0.3 is 13.9 Å². The maximum absolute atomic E-state index is 13.6. The van der Waals surface area contributed by atoms with Crippen molar-refractivity contribution >= 4 is 34.6 Å². The highest BCUT2D eigenvalue weighted by Crippen LogP contribution is 2.40. The predicted octanol–water partition coefficient (Wildman–Crippen LogP) is 3.86. The molecular formula is C16H10ClF3N2O5.